The van der Waals surface area contributed by atoms with Gasteiger partial charge in [0.1, 0.15) is 53.8 Å². The van der Waals surface area contributed by atoms with Crippen molar-refractivity contribution < 1.29 is 43.9 Å². The maximum absolute atomic E-state index is 12.2. The first kappa shape index (κ1) is 27.0. The Balaban J connectivity index is 1.53. The molecule has 0 spiro atoms. The van der Waals surface area contributed by atoms with Gasteiger partial charge in [0.05, 0.1) is 0 Å². The van der Waals surface area contributed by atoms with Crippen molar-refractivity contribution in [2.24, 2.45) is 0 Å². The first-order valence-electron chi connectivity index (χ1n) is 11.4. The van der Waals surface area contributed by atoms with Gasteiger partial charge in [0.25, 0.3) is 0 Å². The second-order valence-electron chi connectivity index (χ2n) is 7.80. The van der Waals surface area contributed by atoms with Crippen LogP contribution in [0, 0.1) is 0 Å². The number of carbonyl (C=O) groups is 3. The first-order valence-corrected chi connectivity index (χ1v) is 11.4. The summed E-state index contributed by atoms with van der Waals surface area (Å²) in [4.78, 5) is 38.5. The molecule has 0 radical (unpaired) electrons. The third kappa shape index (κ3) is 7.97. The number of hydrogen-bond donors (Lipinski definition) is 3. The highest BCUT2D eigenvalue weighted by Gasteiger charge is 2.16. The molecule has 0 bridgehead atoms. The molecular weight excluding hydrogens is 482 g/mol. The maximum Gasteiger partial charge on any atom is 0.341 e. The number of para-hydroxylation sites is 3. The number of rotatable bonds is 12. The van der Waals surface area contributed by atoms with Crippen LogP contribution in [0.4, 0.5) is 0 Å². The van der Waals surface area contributed by atoms with E-state index in [4.69, 9.17) is 14.2 Å². The van der Waals surface area contributed by atoms with E-state index in [1.54, 1.807) is 41.3 Å². The SMILES string of the molecule is O=C(OCCN(CCOC(=O)c1ccccc1O)CCOC(=O)c1ccccc1O)c1ccccc1O. The lowest BCUT2D eigenvalue weighted by Crippen LogP contribution is -2.35. The molecule has 0 atom stereocenters. The zero-order chi connectivity index (χ0) is 26.6. The van der Waals surface area contributed by atoms with Gasteiger partial charge in [0.2, 0.25) is 0 Å². The molecule has 0 saturated carbocycles. The number of carbonyl (C=O) groups excluding carboxylic acids is 3. The van der Waals surface area contributed by atoms with Gasteiger partial charge in [-0.05, 0) is 36.4 Å². The fourth-order valence-electron chi connectivity index (χ4n) is 3.31. The van der Waals surface area contributed by atoms with Crippen molar-refractivity contribution in [1.82, 2.24) is 4.90 Å². The Bertz CT molecular complexity index is 1080. The molecule has 10 heteroatoms. The summed E-state index contributed by atoms with van der Waals surface area (Å²) in [6.07, 6.45) is 0. The molecule has 10 nitrogen and oxygen atoms in total. The second kappa shape index (κ2) is 13.5. The Morgan fingerprint density at radius 1 is 0.514 bits per heavy atom. The van der Waals surface area contributed by atoms with Crippen LogP contribution in [0.1, 0.15) is 31.1 Å². The van der Waals surface area contributed by atoms with Crippen LogP contribution in [0.15, 0.2) is 72.8 Å². The van der Waals surface area contributed by atoms with Gasteiger partial charge in [-0.15, -0.1) is 0 Å². The molecule has 0 heterocycles. The molecule has 0 saturated heterocycles. The van der Waals surface area contributed by atoms with E-state index in [0.717, 1.165) is 0 Å². The molecule has 0 fully saturated rings. The van der Waals surface area contributed by atoms with Gasteiger partial charge in [0, 0.05) is 19.6 Å². The van der Waals surface area contributed by atoms with Crippen LogP contribution in [-0.4, -0.2) is 77.6 Å². The number of benzene rings is 3. The molecule has 0 aromatic heterocycles. The molecule has 3 rings (SSSR count). The molecule has 0 amide bonds. The molecule has 3 aromatic rings. The average molecular weight is 510 g/mol. The molecular formula is C27H27NO9. The van der Waals surface area contributed by atoms with Crippen LogP contribution >= 0.6 is 0 Å². The maximum atomic E-state index is 12.2. The molecule has 0 aliphatic carbocycles. The number of ether oxygens (including phenoxy) is 3. The largest absolute Gasteiger partial charge is 0.507 e. The average Bonchev–Trinajstić information content (AvgIpc) is 2.89. The van der Waals surface area contributed by atoms with Crippen LogP contribution in [0.2, 0.25) is 0 Å². The Morgan fingerprint density at radius 2 is 0.784 bits per heavy atom. The highest BCUT2D eigenvalue weighted by Crippen LogP contribution is 2.18. The summed E-state index contributed by atoms with van der Waals surface area (Å²) in [6, 6.07) is 18.0. The van der Waals surface area contributed by atoms with Gasteiger partial charge < -0.3 is 29.5 Å². The summed E-state index contributed by atoms with van der Waals surface area (Å²) < 4.78 is 15.7. The third-order valence-corrected chi connectivity index (χ3v) is 5.29. The predicted octanol–water partition coefficient (Wildman–Crippen LogP) is 2.98. The predicted molar refractivity (Wildman–Crippen MR) is 132 cm³/mol. The monoisotopic (exact) mass is 509 g/mol. The number of esters is 3. The van der Waals surface area contributed by atoms with Crippen LogP contribution in [0.5, 0.6) is 17.2 Å². The van der Waals surface area contributed by atoms with Gasteiger partial charge in [-0.3, -0.25) is 4.90 Å². The standard InChI is InChI=1S/C27H27NO9/c29-22-10-4-1-7-19(22)25(32)35-16-13-28(14-17-36-26(33)20-8-2-5-11-23(20)30)15-18-37-27(34)21-9-3-6-12-24(21)31/h1-12,29-31H,13-18H2. The zero-order valence-corrected chi connectivity index (χ0v) is 19.9. The van der Waals surface area contributed by atoms with E-state index >= 15 is 0 Å². The molecule has 194 valence electrons. The van der Waals surface area contributed by atoms with Gasteiger partial charge in [0.15, 0.2) is 0 Å². The fourth-order valence-corrected chi connectivity index (χ4v) is 3.31. The summed E-state index contributed by atoms with van der Waals surface area (Å²) >= 11 is 0. The van der Waals surface area contributed by atoms with Crippen molar-refractivity contribution in [3.05, 3.63) is 89.5 Å². The smallest absolute Gasteiger partial charge is 0.341 e. The van der Waals surface area contributed by atoms with Gasteiger partial charge in [-0.1, -0.05) is 36.4 Å². The minimum atomic E-state index is -0.699. The molecule has 0 aliphatic heterocycles. The first-order chi connectivity index (χ1) is 17.9. The Morgan fingerprint density at radius 3 is 1.05 bits per heavy atom. The Labute approximate surface area is 213 Å². The summed E-state index contributed by atoms with van der Waals surface area (Å²) in [5, 5.41) is 29.4. The van der Waals surface area contributed by atoms with Crippen molar-refractivity contribution >= 4 is 17.9 Å². The third-order valence-electron chi connectivity index (χ3n) is 5.29. The number of nitrogens with zero attached hydrogens (tertiary/aromatic N) is 1. The Kier molecular flexibility index (Phi) is 9.86. The highest BCUT2D eigenvalue weighted by atomic mass is 16.5. The minimum absolute atomic E-state index is 0.0299. The lowest BCUT2D eigenvalue weighted by atomic mass is 10.2. The van der Waals surface area contributed by atoms with E-state index in [1.807, 2.05) is 0 Å². The number of phenolic OH excluding ortho intramolecular Hbond substituents is 3. The molecule has 0 aliphatic rings. The molecule has 37 heavy (non-hydrogen) atoms. The van der Waals surface area contributed by atoms with Gasteiger partial charge in [-0.25, -0.2) is 14.4 Å². The van der Waals surface area contributed by atoms with Crippen LogP contribution < -0.4 is 0 Å². The van der Waals surface area contributed by atoms with Crippen molar-refractivity contribution in [3.8, 4) is 17.2 Å². The van der Waals surface area contributed by atoms with E-state index < -0.39 is 17.9 Å². The van der Waals surface area contributed by atoms with E-state index in [0.29, 0.717) is 0 Å². The summed E-state index contributed by atoms with van der Waals surface area (Å²) in [6.45, 7) is 0.487. The summed E-state index contributed by atoms with van der Waals surface area (Å²) in [5.41, 5.74) is 0.0896. The highest BCUT2D eigenvalue weighted by molar-refractivity contribution is 5.93. The normalized spacial score (nSPS) is 10.6. The number of hydrogen-bond acceptors (Lipinski definition) is 10. The summed E-state index contributed by atoms with van der Waals surface area (Å²) in [7, 11) is 0. The van der Waals surface area contributed by atoms with Crippen molar-refractivity contribution in [1.29, 1.82) is 0 Å². The molecule has 0 unspecified atom stereocenters. The van der Waals surface area contributed by atoms with Crippen molar-refractivity contribution in [2.45, 2.75) is 0 Å². The second-order valence-corrected chi connectivity index (χ2v) is 7.80. The molecule has 3 aromatic carbocycles. The van der Waals surface area contributed by atoms with Gasteiger partial charge >= 0.3 is 17.9 Å². The number of aromatic hydroxyl groups is 3. The van der Waals surface area contributed by atoms with Crippen LogP contribution in [0.25, 0.3) is 0 Å². The Hall–Kier alpha value is -4.57. The van der Waals surface area contributed by atoms with Gasteiger partial charge in [-0.2, -0.15) is 0 Å². The minimum Gasteiger partial charge on any atom is -0.507 e. The fraction of sp³-hybridized carbons (Fsp3) is 0.222. The van der Waals surface area contributed by atoms with E-state index in [2.05, 4.69) is 0 Å². The van der Waals surface area contributed by atoms with E-state index in [9.17, 15) is 29.7 Å². The van der Waals surface area contributed by atoms with E-state index in [-0.39, 0.29) is 73.4 Å². The van der Waals surface area contributed by atoms with E-state index in [1.165, 1.54) is 36.4 Å². The zero-order valence-electron chi connectivity index (χ0n) is 19.9. The van der Waals surface area contributed by atoms with Crippen LogP contribution in [0.3, 0.4) is 0 Å². The lowest BCUT2D eigenvalue weighted by Gasteiger charge is -2.22. The lowest BCUT2D eigenvalue weighted by molar-refractivity contribution is 0.0329. The quantitative estimate of drug-likeness (QED) is 0.246. The van der Waals surface area contributed by atoms with Crippen LogP contribution in [-0.2, 0) is 14.2 Å². The number of phenols is 3. The topological polar surface area (TPSA) is 143 Å². The van der Waals surface area contributed by atoms with Crippen molar-refractivity contribution in [2.75, 3.05) is 39.5 Å². The molecule has 3 N–H and O–H groups in total. The van der Waals surface area contributed by atoms with Crippen molar-refractivity contribution in [3.63, 3.8) is 0 Å². The summed E-state index contributed by atoms with van der Waals surface area (Å²) in [5.74, 6) is -2.69.